The number of fused-ring (bicyclic) bond motifs is 5. The SMILES string of the molecule is Nc1nc2c(-c3c(Cl)cc4c(N5[C@@H]6CC[C@H]5CNC6)nc(OC[C@]56CCCN5C[C@@H](F)C6)nc4c3F)ccc(F)c2s1. The van der Waals surface area contributed by atoms with Crippen LogP contribution < -0.4 is 20.7 Å². The number of thiazole rings is 1. The highest BCUT2D eigenvalue weighted by Gasteiger charge is 2.49. The molecule has 0 spiro atoms. The van der Waals surface area contributed by atoms with Gasteiger partial charge in [-0.2, -0.15) is 9.97 Å². The van der Waals surface area contributed by atoms with Gasteiger partial charge in [0, 0.05) is 54.7 Å². The summed E-state index contributed by atoms with van der Waals surface area (Å²) in [6.07, 6.45) is 3.30. The van der Waals surface area contributed by atoms with Gasteiger partial charge in [-0.1, -0.05) is 22.9 Å². The van der Waals surface area contributed by atoms with Crippen LogP contribution in [0, 0.1) is 11.6 Å². The zero-order valence-corrected chi connectivity index (χ0v) is 24.2. The van der Waals surface area contributed by atoms with E-state index in [1.54, 1.807) is 6.07 Å². The summed E-state index contributed by atoms with van der Waals surface area (Å²) in [6.45, 7) is 3.05. The summed E-state index contributed by atoms with van der Waals surface area (Å²) >= 11 is 7.80. The second kappa shape index (κ2) is 9.80. The molecule has 2 bridgehead atoms. The molecule has 0 unspecified atom stereocenters. The van der Waals surface area contributed by atoms with Crippen molar-refractivity contribution in [1.29, 1.82) is 0 Å². The van der Waals surface area contributed by atoms with Crippen LogP contribution in [-0.2, 0) is 0 Å². The smallest absolute Gasteiger partial charge is 0.319 e. The highest BCUT2D eigenvalue weighted by Crippen LogP contribution is 2.45. The van der Waals surface area contributed by atoms with E-state index in [4.69, 9.17) is 27.1 Å². The molecule has 8 rings (SSSR count). The monoisotopic (exact) mass is 615 g/mol. The third-order valence-corrected chi connectivity index (χ3v) is 10.7. The van der Waals surface area contributed by atoms with Gasteiger partial charge < -0.3 is 20.7 Å². The Morgan fingerprint density at radius 3 is 2.76 bits per heavy atom. The summed E-state index contributed by atoms with van der Waals surface area (Å²) in [6, 6.07) is 4.84. The number of aromatic nitrogens is 3. The van der Waals surface area contributed by atoms with Crippen LogP contribution >= 0.6 is 22.9 Å². The van der Waals surface area contributed by atoms with Gasteiger partial charge in [0.2, 0.25) is 0 Å². The lowest BCUT2D eigenvalue weighted by atomic mass is 9.95. The first kappa shape index (κ1) is 26.7. The lowest BCUT2D eigenvalue weighted by molar-refractivity contribution is 0.107. The maximum absolute atomic E-state index is 16.7. The summed E-state index contributed by atoms with van der Waals surface area (Å²) < 4.78 is 52.2. The van der Waals surface area contributed by atoms with Crippen LogP contribution in [0.2, 0.25) is 5.02 Å². The fourth-order valence-corrected chi connectivity index (χ4v) is 8.69. The minimum absolute atomic E-state index is 0.0493. The Kier molecular flexibility index (Phi) is 6.22. The zero-order valence-electron chi connectivity index (χ0n) is 22.7. The van der Waals surface area contributed by atoms with E-state index in [2.05, 4.69) is 25.1 Å². The maximum atomic E-state index is 16.7. The van der Waals surface area contributed by atoms with Crippen molar-refractivity contribution in [3.8, 4) is 17.1 Å². The molecule has 4 atom stereocenters. The van der Waals surface area contributed by atoms with Crippen LogP contribution in [-0.4, -0.2) is 76.4 Å². The Balaban J connectivity index is 1.29. The third kappa shape index (κ3) is 4.05. The first-order valence-corrected chi connectivity index (χ1v) is 15.6. The van der Waals surface area contributed by atoms with E-state index in [-0.39, 0.29) is 56.2 Å². The van der Waals surface area contributed by atoms with E-state index < -0.39 is 23.3 Å². The second-order valence-corrected chi connectivity index (χ2v) is 13.4. The van der Waals surface area contributed by atoms with E-state index >= 15 is 4.39 Å². The predicted molar refractivity (Wildman–Crippen MR) is 158 cm³/mol. The minimum Gasteiger partial charge on any atom is -0.461 e. The average Bonchev–Trinajstić information content (AvgIpc) is 3.68. The molecule has 2 aromatic carbocycles. The molecule has 3 N–H and O–H groups in total. The first-order chi connectivity index (χ1) is 20.3. The maximum Gasteiger partial charge on any atom is 0.319 e. The molecule has 0 aliphatic carbocycles. The van der Waals surface area contributed by atoms with Crippen LogP contribution in [0.1, 0.15) is 32.1 Å². The van der Waals surface area contributed by atoms with Gasteiger partial charge in [0.15, 0.2) is 10.9 Å². The van der Waals surface area contributed by atoms with Gasteiger partial charge >= 0.3 is 6.01 Å². The van der Waals surface area contributed by atoms with Crippen LogP contribution in [0.4, 0.5) is 24.1 Å². The molecule has 4 aromatic rings. The van der Waals surface area contributed by atoms with E-state index in [1.165, 1.54) is 12.1 Å². The number of nitrogens with zero attached hydrogens (tertiary/aromatic N) is 5. The summed E-state index contributed by atoms with van der Waals surface area (Å²) in [7, 11) is 0. The molecule has 8 nitrogen and oxygen atoms in total. The quantitative estimate of drug-likeness (QED) is 0.312. The van der Waals surface area contributed by atoms with Crippen molar-refractivity contribution in [3.05, 3.63) is 34.9 Å². The highest BCUT2D eigenvalue weighted by atomic mass is 35.5. The molecule has 2 aromatic heterocycles. The number of hydrogen-bond donors (Lipinski definition) is 2. The van der Waals surface area contributed by atoms with Gasteiger partial charge in [-0.3, -0.25) is 4.90 Å². The average molecular weight is 616 g/mol. The van der Waals surface area contributed by atoms with Crippen molar-refractivity contribution < 1.29 is 17.9 Å². The Morgan fingerprint density at radius 2 is 1.95 bits per heavy atom. The van der Waals surface area contributed by atoms with Gasteiger partial charge in [-0.15, -0.1) is 0 Å². The molecule has 4 saturated heterocycles. The molecule has 6 heterocycles. The molecule has 0 amide bonds. The topological polar surface area (TPSA) is 92.4 Å². The van der Waals surface area contributed by atoms with Gasteiger partial charge in [0.25, 0.3) is 0 Å². The number of ether oxygens (including phenoxy) is 1. The lowest BCUT2D eigenvalue weighted by Crippen LogP contribution is -2.52. The molecular weight excluding hydrogens is 587 g/mol. The summed E-state index contributed by atoms with van der Waals surface area (Å²) in [5, 5.41) is 4.26. The number of nitrogens with two attached hydrogens (primary N) is 1. The molecule has 0 radical (unpaired) electrons. The number of rotatable bonds is 5. The molecule has 13 heteroatoms. The number of nitrogens with one attached hydrogen (secondary N) is 1. The van der Waals surface area contributed by atoms with Gasteiger partial charge in [0.1, 0.15) is 29.9 Å². The van der Waals surface area contributed by atoms with Crippen LogP contribution in [0.15, 0.2) is 18.2 Å². The number of piperazine rings is 1. The number of halogens is 4. The largest absolute Gasteiger partial charge is 0.461 e. The van der Waals surface area contributed by atoms with E-state index in [1.807, 2.05) is 0 Å². The molecule has 4 fully saturated rings. The summed E-state index contributed by atoms with van der Waals surface area (Å²) in [4.78, 5) is 18.1. The minimum atomic E-state index is -0.895. The number of alkyl halides is 1. The van der Waals surface area contributed by atoms with Crippen molar-refractivity contribution in [2.45, 2.75) is 55.9 Å². The van der Waals surface area contributed by atoms with Crippen molar-refractivity contribution >= 4 is 55.0 Å². The van der Waals surface area contributed by atoms with Crippen molar-refractivity contribution in [3.63, 3.8) is 0 Å². The summed E-state index contributed by atoms with van der Waals surface area (Å²) in [5.74, 6) is -0.579. The number of benzene rings is 2. The fraction of sp³-hybridized carbons (Fsp3) is 0.483. The summed E-state index contributed by atoms with van der Waals surface area (Å²) in [5.41, 5.74) is 6.19. The molecular formula is C29H29ClF3N7OS. The normalized spacial score (nSPS) is 27.4. The molecule has 0 saturated carbocycles. The Morgan fingerprint density at radius 1 is 1.14 bits per heavy atom. The van der Waals surface area contributed by atoms with Crippen LogP contribution in [0.3, 0.4) is 0 Å². The molecule has 4 aliphatic heterocycles. The van der Waals surface area contributed by atoms with E-state index in [0.29, 0.717) is 29.7 Å². The van der Waals surface area contributed by atoms with Gasteiger partial charge in [-0.25, -0.2) is 18.2 Å². The standard InChI is InChI=1S/C29H29ClF3N7OS/c30-19-8-18-23(22(33)21(19)17-4-5-20(32)25-24(17)36-27(34)42-25)37-28(38-26(18)40-15-2-3-16(40)11-35-10-15)41-13-29-6-1-7-39(29)12-14(31)9-29/h4-5,8,14-16,35H,1-3,6-7,9-13H2,(H2,34,36)/t14-,15-,16+,29+/m0/s1. The highest BCUT2D eigenvalue weighted by molar-refractivity contribution is 7.22. The zero-order chi connectivity index (χ0) is 28.7. The van der Waals surface area contributed by atoms with E-state index in [0.717, 1.165) is 56.7 Å². The van der Waals surface area contributed by atoms with Crippen molar-refractivity contribution in [1.82, 2.24) is 25.2 Å². The number of anilines is 2. The van der Waals surface area contributed by atoms with Crippen molar-refractivity contribution in [2.24, 2.45) is 0 Å². The molecule has 4 aliphatic rings. The van der Waals surface area contributed by atoms with Gasteiger partial charge in [-0.05, 0) is 50.4 Å². The van der Waals surface area contributed by atoms with Crippen LogP contribution in [0.25, 0.3) is 32.2 Å². The Labute approximate surface area is 249 Å². The molecule has 42 heavy (non-hydrogen) atoms. The Bertz CT molecular complexity index is 1720. The van der Waals surface area contributed by atoms with Gasteiger partial charge in [0.05, 0.1) is 20.8 Å². The second-order valence-electron chi connectivity index (χ2n) is 11.9. The fourth-order valence-electron chi connectivity index (χ4n) is 7.63. The van der Waals surface area contributed by atoms with E-state index in [9.17, 15) is 8.78 Å². The number of nitrogen functional groups attached to an aromatic ring is 1. The van der Waals surface area contributed by atoms with Crippen molar-refractivity contribution in [2.75, 3.05) is 43.4 Å². The Hall–Kier alpha value is -2.93. The molecule has 220 valence electrons. The predicted octanol–water partition coefficient (Wildman–Crippen LogP) is 5.32. The number of hydrogen-bond acceptors (Lipinski definition) is 9. The lowest BCUT2D eigenvalue weighted by Gasteiger charge is -2.37. The third-order valence-electron chi connectivity index (χ3n) is 9.48. The first-order valence-electron chi connectivity index (χ1n) is 14.4. The van der Waals surface area contributed by atoms with Crippen LogP contribution in [0.5, 0.6) is 6.01 Å².